The molecule has 0 amide bonds. The van der Waals surface area contributed by atoms with Gasteiger partial charge in [0.2, 0.25) is 11.7 Å². The lowest BCUT2D eigenvalue weighted by atomic mass is 10.1. The quantitative estimate of drug-likeness (QED) is 0.811. The fourth-order valence-electron chi connectivity index (χ4n) is 1.76. The summed E-state index contributed by atoms with van der Waals surface area (Å²) in [6.07, 6.45) is 1.63. The SMILES string of the molecule is CCCC(=O)Cc1nc(-c2cccc(C)c2)no1. The van der Waals surface area contributed by atoms with Crippen LogP contribution in [0.4, 0.5) is 0 Å². The van der Waals surface area contributed by atoms with E-state index in [1.165, 1.54) is 0 Å². The fourth-order valence-corrected chi connectivity index (χ4v) is 1.76. The molecule has 0 saturated heterocycles. The van der Waals surface area contributed by atoms with Crippen molar-refractivity contribution in [3.05, 3.63) is 35.7 Å². The van der Waals surface area contributed by atoms with Crippen molar-refractivity contribution in [2.45, 2.75) is 33.1 Å². The maximum atomic E-state index is 11.5. The van der Waals surface area contributed by atoms with Crippen LogP contribution in [-0.4, -0.2) is 15.9 Å². The number of Topliss-reactive ketones (excluding diaryl/α,β-unsaturated/α-hetero) is 1. The lowest BCUT2D eigenvalue weighted by Gasteiger charge is -1.95. The second kappa shape index (κ2) is 5.58. The number of hydrogen-bond donors (Lipinski definition) is 0. The number of carbonyl (C=O) groups excluding carboxylic acids is 1. The zero-order valence-electron chi connectivity index (χ0n) is 10.6. The number of rotatable bonds is 5. The molecule has 18 heavy (non-hydrogen) atoms. The molecule has 0 unspecified atom stereocenters. The molecule has 1 aromatic heterocycles. The summed E-state index contributed by atoms with van der Waals surface area (Å²) < 4.78 is 5.09. The molecule has 0 spiro atoms. The van der Waals surface area contributed by atoms with Crippen LogP contribution in [0.5, 0.6) is 0 Å². The molecule has 0 atom stereocenters. The van der Waals surface area contributed by atoms with Gasteiger partial charge in [-0.05, 0) is 19.4 Å². The molecule has 2 aromatic rings. The van der Waals surface area contributed by atoms with Gasteiger partial charge in [0.1, 0.15) is 5.78 Å². The number of benzene rings is 1. The van der Waals surface area contributed by atoms with E-state index in [4.69, 9.17) is 4.52 Å². The standard InChI is InChI=1S/C14H16N2O2/c1-3-5-12(17)9-13-15-14(16-18-13)11-7-4-6-10(2)8-11/h4,6-8H,3,5,9H2,1-2H3. The summed E-state index contributed by atoms with van der Waals surface area (Å²) in [5, 5.41) is 3.90. The van der Waals surface area contributed by atoms with E-state index in [-0.39, 0.29) is 12.2 Å². The molecule has 1 aromatic carbocycles. The summed E-state index contributed by atoms with van der Waals surface area (Å²) in [5.41, 5.74) is 2.05. The maximum absolute atomic E-state index is 11.5. The van der Waals surface area contributed by atoms with Gasteiger partial charge in [-0.15, -0.1) is 0 Å². The lowest BCUT2D eigenvalue weighted by molar-refractivity contribution is -0.118. The normalized spacial score (nSPS) is 10.6. The van der Waals surface area contributed by atoms with E-state index < -0.39 is 0 Å². The molecule has 4 heteroatoms. The lowest BCUT2D eigenvalue weighted by Crippen LogP contribution is -2.01. The van der Waals surface area contributed by atoms with Crippen LogP contribution >= 0.6 is 0 Å². The predicted octanol–water partition coefficient (Wildman–Crippen LogP) is 2.96. The van der Waals surface area contributed by atoms with E-state index in [0.29, 0.717) is 18.1 Å². The molecule has 0 N–H and O–H groups in total. The third kappa shape index (κ3) is 3.03. The van der Waals surface area contributed by atoms with Gasteiger partial charge in [-0.1, -0.05) is 35.8 Å². The molecule has 0 bridgehead atoms. The van der Waals surface area contributed by atoms with E-state index in [0.717, 1.165) is 17.5 Å². The van der Waals surface area contributed by atoms with Gasteiger partial charge < -0.3 is 4.52 Å². The third-order valence-corrected chi connectivity index (χ3v) is 2.62. The highest BCUT2D eigenvalue weighted by atomic mass is 16.5. The van der Waals surface area contributed by atoms with Crippen molar-refractivity contribution in [1.29, 1.82) is 0 Å². The number of nitrogens with zero attached hydrogens (tertiary/aromatic N) is 2. The average molecular weight is 244 g/mol. The molecule has 1 heterocycles. The summed E-state index contributed by atoms with van der Waals surface area (Å²) in [6.45, 7) is 3.99. The molecule has 0 fully saturated rings. The van der Waals surface area contributed by atoms with E-state index >= 15 is 0 Å². The van der Waals surface area contributed by atoms with Gasteiger partial charge in [0.15, 0.2) is 0 Å². The van der Waals surface area contributed by atoms with Crippen LogP contribution in [0.3, 0.4) is 0 Å². The Bertz CT molecular complexity index is 546. The Balaban J connectivity index is 2.13. The van der Waals surface area contributed by atoms with Gasteiger partial charge in [-0.2, -0.15) is 4.98 Å². The maximum Gasteiger partial charge on any atom is 0.234 e. The number of aryl methyl sites for hydroxylation is 1. The van der Waals surface area contributed by atoms with Crippen molar-refractivity contribution < 1.29 is 9.32 Å². The van der Waals surface area contributed by atoms with Gasteiger partial charge in [0, 0.05) is 12.0 Å². The molecule has 0 saturated carbocycles. The minimum atomic E-state index is 0.136. The Morgan fingerprint density at radius 2 is 2.22 bits per heavy atom. The van der Waals surface area contributed by atoms with Crippen molar-refractivity contribution in [2.24, 2.45) is 0 Å². The Morgan fingerprint density at radius 1 is 1.39 bits per heavy atom. The summed E-state index contributed by atoms with van der Waals surface area (Å²) in [4.78, 5) is 15.7. The summed E-state index contributed by atoms with van der Waals surface area (Å²) in [5.74, 6) is 1.07. The first-order valence-corrected chi connectivity index (χ1v) is 6.10. The van der Waals surface area contributed by atoms with Crippen LogP contribution in [0.25, 0.3) is 11.4 Å². The first-order valence-electron chi connectivity index (χ1n) is 6.10. The van der Waals surface area contributed by atoms with Crippen LogP contribution in [0, 0.1) is 6.92 Å². The average Bonchev–Trinajstić information content (AvgIpc) is 2.78. The predicted molar refractivity (Wildman–Crippen MR) is 68.1 cm³/mol. The molecule has 0 radical (unpaired) electrons. The van der Waals surface area contributed by atoms with Crippen molar-refractivity contribution >= 4 is 5.78 Å². The second-order valence-electron chi connectivity index (χ2n) is 4.35. The molecule has 94 valence electrons. The number of ketones is 1. The van der Waals surface area contributed by atoms with E-state index in [1.54, 1.807) is 0 Å². The van der Waals surface area contributed by atoms with E-state index in [1.807, 2.05) is 38.1 Å². The van der Waals surface area contributed by atoms with Crippen molar-refractivity contribution in [3.63, 3.8) is 0 Å². The molecule has 0 aliphatic heterocycles. The van der Waals surface area contributed by atoms with Gasteiger partial charge in [0.05, 0.1) is 6.42 Å². The van der Waals surface area contributed by atoms with E-state index in [2.05, 4.69) is 10.1 Å². The topological polar surface area (TPSA) is 56.0 Å². The molecule has 0 aliphatic rings. The minimum Gasteiger partial charge on any atom is -0.339 e. The highest BCUT2D eigenvalue weighted by Crippen LogP contribution is 2.17. The number of hydrogen-bond acceptors (Lipinski definition) is 4. The molecular formula is C14H16N2O2. The van der Waals surface area contributed by atoms with Crippen LogP contribution in [0.2, 0.25) is 0 Å². The van der Waals surface area contributed by atoms with Gasteiger partial charge in [-0.25, -0.2) is 0 Å². The summed E-state index contributed by atoms with van der Waals surface area (Å²) in [6, 6.07) is 7.87. The molecule has 2 rings (SSSR count). The highest BCUT2D eigenvalue weighted by Gasteiger charge is 2.11. The van der Waals surface area contributed by atoms with Crippen LogP contribution in [0.1, 0.15) is 31.2 Å². The summed E-state index contributed by atoms with van der Waals surface area (Å²) >= 11 is 0. The number of aromatic nitrogens is 2. The largest absolute Gasteiger partial charge is 0.339 e. The smallest absolute Gasteiger partial charge is 0.234 e. The zero-order valence-corrected chi connectivity index (χ0v) is 10.6. The Labute approximate surface area is 106 Å². The van der Waals surface area contributed by atoms with Crippen LogP contribution < -0.4 is 0 Å². The number of carbonyl (C=O) groups is 1. The van der Waals surface area contributed by atoms with Crippen molar-refractivity contribution in [1.82, 2.24) is 10.1 Å². The van der Waals surface area contributed by atoms with Gasteiger partial charge in [0.25, 0.3) is 0 Å². The van der Waals surface area contributed by atoms with Crippen molar-refractivity contribution in [3.8, 4) is 11.4 Å². The molecule has 0 aliphatic carbocycles. The third-order valence-electron chi connectivity index (χ3n) is 2.62. The first kappa shape index (κ1) is 12.5. The highest BCUT2D eigenvalue weighted by molar-refractivity contribution is 5.79. The Kier molecular flexibility index (Phi) is 3.87. The van der Waals surface area contributed by atoms with Crippen LogP contribution in [0.15, 0.2) is 28.8 Å². The molecular weight excluding hydrogens is 228 g/mol. The monoisotopic (exact) mass is 244 g/mol. The minimum absolute atomic E-state index is 0.136. The Morgan fingerprint density at radius 3 is 2.94 bits per heavy atom. The molecule has 4 nitrogen and oxygen atoms in total. The van der Waals surface area contributed by atoms with Gasteiger partial charge >= 0.3 is 0 Å². The zero-order chi connectivity index (χ0) is 13.0. The van der Waals surface area contributed by atoms with Crippen molar-refractivity contribution in [2.75, 3.05) is 0 Å². The first-order chi connectivity index (χ1) is 8.69. The summed E-state index contributed by atoms with van der Waals surface area (Å²) in [7, 11) is 0. The Hall–Kier alpha value is -1.97. The van der Waals surface area contributed by atoms with Gasteiger partial charge in [-0.3, -0.25) is 4.79 Å². The second-order valence-corrected chi connectivity index (χ2v) is 4.35. The van der Waals surface area contributed by atoms with E-state index in [9.17, 15) is 4.79 Å². The fraction of sp³-hybridized carbons (Fsp3) is 0.357. The van der Waals surface area contributed by atoms with Crippen LogP contribution in [-0.2, 0) is 11.2 Å².